The molecule has 3 atom stereocenters. The number of carbonyl (C=O) groups is 2. The lowest BCUT2D eigenvalue weighted by Crippen LogP contribution is -2.36. The van der Waals surface area contributed by atoms with Crippen molar-refractivity contribution in [2.45, 2.75) is 37.8 Å². The summed E-state index contributed by atoms with van der Waals surface area (Å²) in [7, 11) is 5.12. The van der Waals surface area contributed by atoms with Crippen molar-refractivity contribution in [1.29, 1.82) is 0 Å². The van der Waals surface area contributed by atoms with Crippen LogP contribution in [0.5, 0.6) is 11.5 Å². The predicted molar refractivity (Wildman–Crippen MR) is 185 cm³/mol. The summed E-state index contributed by atoms with van der Waals surface area (Å²) >= 11 is 14.1. The van der Waals surface area contributed by atoms with Crippen LogP contribution in [0, 0.1) is 5.92 Å². The molecule has 0 aliphatic carbocycles. The lowest BCUT2D eigenvalue weighted by Gasteiger charge is -2.29. The molecule has 13 heteroatoms. The molecule has 1 aliphatic rings. The van der Waals surface area contributed by atoms with Crippen molar-refractivity contribution >= 4 is 46.5 Å². The van der Waals surface area contributed by atoms with Crippen molar-refractivity contribution in [2.75, 3.05) is 41.0 Å². The number of thiophene rings is 1. The van der Waals surface area contributed by atoms with Crippen molar-refractivity contribution in [3.8, 4) is 11.5 Å². The van der Waals surface area contributed by atoms with Crippen LogP contribution in [-0.4, -0.2) is 63.0 Å². The van der Waals surface area contributed by atoms with Gasteiger partial charge in [0.05, 0.1) is 31.7 Å². The molecule has 0 saturated carbocycles. The number of aromatic carboxylic acids is 1. The highest BCUT2D eigenvalue weighted by atomic mass is 35.5. The van der Waals surface area contributed by atoms with Crippen LogP contribution in [0.25, 0.3) is 0 Å². The highest BCUT2D eigenvalue weighted by molar-refractivity contribution is 7.14. The lowest BCUT2D eigenvalue weighted by molar-refractivity contribution is -0.904. The first-order valence-corrected chi connectivity index (χ1v) is 17.4. The monoisotopic (exact) mass is 727 g/mol. The summed E-state index contributed by atoms with van der Waals surface area (Å²) in [6.45, 7) is 2.43. The van der Waals surface area contributed by atoms with Gasteiger partial charge in [-0.1, -0.05) is 59.6 Å². The molecule has 2 aromatic carbocycles. The Morgan fingerprint density at radius 1 is 1.06 bits per heavy atom. The van der Waals surface area contributed by atoms with Gasteiger partial charge in [0.1, 0.15) is 16.1 Å². The summed E-state index contributed by atoms with van der Waals surface area (Å²) < 4.78 is 17.6. The van der Waals surface area contributed by atoms with Crippen LogP contribution >= 0.6 is 34.5 Å². The Morgan fingerprint density at radius 2 is 1.78 bits per heavy atom. The third-order valence-electron chi connectivity index (χ3n) is 8.69. The SMILES string of the molecule is COc1ccc([C@H](Cc2c(Cl)c[n+](O)cc2Cl)c2cc(CNC(C(=O)OC[C@@H]3CCCN(C)C3)c3ccccc3)sc2C(=O)[O-])cc1OC. The summed E-state index contributed by atoms with van der Waals surface area (Å²) in [4.78, 5) is 29.1. The van der Waals surface area contributed by atoms with E-state index in [9.17, 15) is 19.9 Å². The van der Waals surface area contributed by atoms with Gasteiger partial charge in [-0.15, -0.1) is 11.3 Å². The van der Waals surface area contributed by atoms with Gasteiger partial charge in [-0.2, -0.15) is 0 Å². The van der Waals surface area contributed by atoms with Crippen LogP contribution in [0.1, 0.15) is 61.6 Å². The zero-order valence-corrected chi connectivity index (χ0v) is 29.8. The van der Waals surface area contributed by atoms with E-state index in [0.717, 1.165) is 47.6 Å². The van der Waals surface area contributed by atoms with Crippen LogP contribution in [0.4, 0.5) is 0 Å². The summed E-state index contributed by atoms with van der Waals surface area (Å²) in [5.41, 5.74) is 2.44. The zero-order chi connectivity index (χ0) is 35.1. The number of aromatic nitrogens is 1. The number of hydrogen-bond donors (Lipinski definition) is 2. The van der Waals surface area contributed by atoms with E-state index in [2.05, 4.69) is 17.3 Å². The van der Waals surface area contributed by atoms with E-state index in [1.54, 1.807) is 18.2 Å². The Kier molecular flexibility index (Phi) is 12.4. The Bertz CT molecular complexity index is 1750. The summed E-state index contributed by atoms with van der Waals surface area (Å²) in [6, 6.07) is 15.7. The maximum absolute atomic E-state index is 13.5. The molecule has 1 fully saturated rings. The first kappa shape index (κ1) is 36.4. The number of hydrogen-bond acceptors (Lipinski definition) is 10. The molecular weight excluding hydrogens is 689 g/mol. The number of likely N-dealkylation sites (tertiary alicyclic amines) is 1. The Hall–Kier alpha value is -3.87. The van der Waals surface area contributed by atoms with Crippen LogP contribution in [-0.2, 0) is 22.5 Å². The van der Waals surface area contributed by atoms with E-state index in [4.69, 9.17) is 37.4 Å². The first-order valence-electron chi connectivity index (χ1n) is 15.9. The van der Waals surface area contributed by atoms with Gasteiger partial charge >= 0.3 is 5.97 Å². The molecule has 3 heterocycles. The van der Waals surface area contributed by atoms with Gasteiger partial charge in [-0.25, -0.2) is 4.79 Å². The maximum atomic E-state index is 13.5. The summed E-state index contributed by atoms with van der Waals surface area (Å²) in [5, 5.41) is 26.3. The number of nitrogens with one attached hydrogen (secondary N) is 1. The molecule has 1 aliphatic heterocycles. The van der Waals surface area contributed by atoms with Gasteiger partial charge < -0.3 is 29.0 Å². The molecule has 49 heavy (non-hydrogen) atoms. The normalized spacial score (nSPS) is 16.1. The number of ether oxygens (including phenoxy) is 3. The third-order valence-corrected chi connectivity index (χ3v) is 10.5. The molecule has 2 aromatic heterocycles. The fourth-order valence-corrected chi connectivity index (χ4v) is 7.87. The van der Waals surface area contributed by atoms with E-state index in [-0.39, 0.29) is 33.8 Å². The number of carbonyl (C=O) groups excluding carboxylic acids is 2. The maximum Gasteiger partial charge on any atom is 0.327 e. The highest BCUT2D eigenvalue weighted by Gasteiger charge is 2.28. The molecule has 0 bridgehead atoms. The van der Waals surface area contributed by atoms with Crippen LogP contribution in [0.2, 0.25) is 10.0 Å². The predicted octanol–water partition coefficient (Wildman–Crippen LogP) is 5.05. The highest BCUT2D eigenvalue weighted by Crippen LogP contribution is 2.41. The number of benzene rings is 2. The van der Waals surface area contributed by atoms with E-state index in [1.807, 2.05) is 36.4 Å². The summed E-state index contributed by atoms with van der Waals surface area (Å²) in [6.07, 6.45) is 4.88. The Balaban J connectivity index is 1.47. The van der Waals surface area contributed by atoms with Gasteiger partial charge in [0.25, 0.3) is 0 Å². The molecule has 10 nitrogen and oxygen atoms in total. The van der Waals surface area contributed by atoms with Gasteiger partial charge in [0, 0.05) is 40.1 Å². The number of rotatable bonds is 14. The molecule has 1 unspecified atom stereocenters. The molecule has 1 saturated heterocycles. The molecule has 4 aromatic rings. The molecule has 260 valence electrons. The average molecular weight is 729 g/mol. The fourth-order valence-electron chi connectivity index (χ4n) is 6.26. The van der Waals surface area contributed by atoms with Crippen LogP contribution in [0.3, 0.4) is 0 Å². The van der Waals surface area contributed by atoms with Crippen molar-refractivity contribution in [2.24, 2.45) is 5.92 Å². The number of nitrogens with zero attached hydrogens (tertiary/aromatic N) is 2. The van der Waals surface area contributed by atoms with E-state index >= 15 is 0 Å². The molecule has 0 spiro atoms. The minimum Gasteiger partial charge on any atom is -0.544 e. The second-order valence-corrected chi connectivity index (χ2v) is 14.0. The van der Waals surface area contributed by atoms with Crippen molar-refractivity contribution in [3.63, 3.8) is 0 Å². The molecule has 0 radical (unpaired) electrons. The van der Waals surface area contributed by atoms with E-state index in [0.29, 0.717) is 39.7 Å². The molecule has 0 amide bonds. The second-order valence-electron chi connectivity index (χ2n) is 12.1. The second kappa shape index (κ2) is 16.7. The number of carboxylic acid groups (broad SMARTS) is 1. The Morgan fingerprint density at radius 3 is 2.43 bits per heavy atom. The van der Waals surface area contributed by atoms with Crippen LogP contribution < -0.4 is 24.6 Å². The number of piperidine rings is 1. The van der Waals surface area contributed by atoms with Gasteiger partial charge in [0.2, 0.25) is 12.4 Å². The topological polar surface area (TPSA) is 124 Å². The number of halogens is 2. The number of carboxylic acids is 1. The quantitative estimate of drug-likeness (QED) is 0.104. The number of pyridine rings is 1. The van der Waals surface area contributed by atoms with Gasteiger partial charge in [0.15, 0.2) is 11.5 Å². The van der Waals surface area contributed by atoms with E-state index < -0.39 is 23.9 Å². The fraction of sp³-hybridized carbons (Fsp3) is 0.361. The van der Waals surface area contributed by atoms with Crippen molar-refractivity contribution in [1.82, 2.24) is 10.2 Å². The standard InChI is InChI=1S/C36H39Cl2N3O7S/c1-40-13-7-8-22(18-40)21-48-36(44)33(23-9-5-4-6-10-23)39-17-25-15-27(34(49-25)35(42)43)26(16-28-29(37)19-41(45)20-30(28)38)24-11-12-31(46-2)32(14-24)47-3/h4-6,9-12,14-15,19-20,22,26,33,39H,7-8,13,16-18,21H2,1-3H3,(H-,42,43,45)/t22-,26+,33?/m1/s1. The minimum absolute atomic E-state index is 0.0252. The molecule has 5 rings (SSSR count). The molecule has 2 N–H and O–H groups in total. The number of esters is 1. The smallest absolute Gasteiger partial charge is 0.327 e. The van der Waals surface area contributed by atoms with Crippen LogP contribution in [0.15, 0.2) is 67.0 Å². The number of methoxy groups -OCH3 is 2. The summed E-state index contributed by atoms with van der Waals surface area (Å²) in [5.74, 6) is -1.08. The Labute approximate surface area is 299 Å². The first-order chi connectivity index (χ1) is 23.6. The zero-order valence-electron chi connectivity index (χ0n) is 27.5. The molecular formula is C36H39Cl2N3O7S. The van der Waals surface area contributed by atoms with Crippen molar-refractivity contribution in [3.05, 3.63) is 109 Å². The lowest BCUT2D eigenvalue weighted by atomic mass is 9.85. The van der Waals surface area contributed by atoms with E-state index in [1.165, 1.54) is 26.6 Å². The average Bonchev–Trinajstić information content (AvgIpc) is 3.51. The third kappa shape index (κ3) is 9.03. The van der Waals surface area contributed by atoms with Gasteiger partial charge in [-0.05, 0) is 67.7 Å². The van der Waals surface area contributed by atoms with Gasteiger partial charge in [-0.3, -0.25) is 10.5 Å². The largest absolute Gasteiger partial charge is 0.544 e. The van der Waals surface area contributed by atoms with Crippen molar-refractivity contribution < 1.29 is 38.8 Å². The minimum atomic E-state index is -1.34.